The Balaban J connectivity index is 1.27. The van der Waals surface area contributed by atoms with Gasteiger partial charge in [-0.2, -0.15) is 4.98 Å². The Morgan fingerprint density at radius 3 is 2.85 bits per heavy atom. The number of anilines is 1. The van der Waals surface area contributed by atoms with Crippen LogP contribution in [-0.2, 0) is 0 Å². The second-order valence-corrected chi connectivity index (χ2v) is 13.1. The van der Waals surface area contributed by atoms with Crippen LogP contribution in [0.15, 0.2) is 41.8 Å². The summed E-state index contributed by atoms with van der Waals surface area (Å²) in [6.45, 7) is 3.69. The summed E-state index contributed by atoms with van der Waals surface area (Å²) in [7, 11) is 0. The molecular weight excluding hydrogens is 535 g/mol. The zero-order valence-corrected chi connectivity index (χ0v) is 23.7. The van der Waals surface area contributed by atoms with Crippen LogP contribution in [0.2, 0.25) is 0 Å². The smallest absolute Gasteiger partial charge is 0.215 e. The summed E-state index contributed by atoms with van der Waals surface area (Å²) in [5.41, 5.74) is 2.46. The molecule has 6 nitrogen and oxygen atoms in total. The molecule has 4 aromatic rings. The van der Waals surface area contributed by atoms with Gasteiger partial charge in [0.15, 0.2) is 5.82 Å². The fourth-order valence-electron chi connectivity index (χ4n) is 7.86. The molecule has 4 fully saturated rings. The van der Waals surface area contributed by atoms with E-state index in [2.05, 4.69) is 26.4 Å². The Morgan fingerprint density at radius 2 is 2.02 bits per heavy atom. The molecule has 8 heteroatoms. The summed E-state index contributed by atoms with van der Waals surface area (Å²) >= 11 is 1.68. The van der Waals surface area contributed by atoms with E-state index in [-0.39, 0.29) is 11.3 Å². The lowest BCUT2D eigenvalue weighted by Crippen LogP contribution is -2.51. The monoisotopic (exact) mass is 568 g/mol. The van der Waals surface area contributed by atoms with Gasteiger partial charge in [-0.15, -0.1) is 17.8 Å². The highest BCUT2D eigenvalue weighted by Crippen LogP contribution is 2.46. The van der Waals surface area contributed by atoms with Gasteiger partial charge in [0.05, 0.1) is 10.2 Å². The van der Waals surface area contributed by atoms with Gasteiger partial charge in [0.1, 0.15) is 18.5 Å². The molecule has 8 rings (SSSR count). The van der Waals surface area contributed by atoms with Crippen LogP contribution in [0.3, 0.4) is 0 Å². The van der Waals surface area contributed by atoms with E-state index in [1.165, 1.54) is 12.8 Å². The van der Waals surface area contributed by atoms with Gasteiger partial charge in [-0.1, -0.05) is 18.1 Å². The van der Waals surface area contributed by atoms with E-state index < -0.39 is 6.17 Å². The molecule has 2 N–H and O–H groups in total. The number of rotatable bonds is 5. The van der Waals surface area contributed by atoms with Crippen LogP contribution in [0.4, 0.5) is 10.2 Å². The number of piperazine rings is 1. The molecule has 0 aliphatic carbocycles. The number of aromatic hydroxyl groups is 1. The van der Waals surface area contributed by atoms with Crippen LogP contribution >= 0.6 is 11.3 Å². The number of phenolic OH excluding ortho intramolecular Hbond substituents is 1. The number of ether oxygens (including phenoxy) is 1. The molecule has 0 saturated carbocycles. The van der Waals surface area contributed by atoms with Gasteiger partial charge in [-0.3, -0.25) is 4.90 Å². The second-order valence-electron chi connectivity index (χ2n) is 12.3. The topological polar surface area (TPSA) is 60.9 Å². The third-order valence-electron chi connectivity index (χ3n) is 9.69. The van der Waals surface area contributed by atoms with E-state index in [4.69, 9.17) is 16.1 Å². The maximum Gasteiger partial charge on any atom is 0.215 e. The highest BCUT2D eigenvalue weighted by atomic mass is 32.1. The zero-order valence-electron chi connectivity index (χ0n) is 22.9. The maximum absolute atomic E-state index is 14.5. The number of hydrogen-bond acceptors (Lipinski definition) is 7. The second kappa shape index (κ2) is 9.59. The molecule has 4 saturated heterocycles. The fourth-order valence-corrected chi connectivity index (χ4v) is 8.93. The van der Waals surface area contributed by atoms with Crippen molar-refractivity contribution in [3.63, 3.8) is 0 Å². The average Bonchev–Trinajstić information content (AvgIpc) is 3.72. The minimum Gasteiger partial charge on any atom is -0.508 e. The van der Waals surface area contributed by atoms with Gasteiger partial charge < -0.3 is 20.1 Å². The van der Waals surface area contributed by atoms with E-state index in [1.54, 1.807) is 17.4 Å². The SMILES string of the molecule is C#Cc1cccc2cc(O)cc(-c3csc4c(N5CC6CCC(C5)N6)nc(OC[C@@]56CCCN5C[C@H](F)C6)cc34)c12. The summed E-state index contributed by atoms with van der Waals surface area (Å²) in [5, 5.41) is 19.5. The number of pyridine rings is 1. The number of halogens is 1. The van der Waals surface area contributed by atoms with Crippen LogP contribution in [0.1, 0.15) is 37.7 Å². The summed E-state index contributed by atoms with van der Waals surface area (Å²) in [6.07, 6.45) is 10.1. The van der Waals surface area contributed by atoms with Crippen molar-refractivity contribution < 1.29 is 14.2 Å². The van der Waals surface area contributed by atoms with Gasteiger partial charge in [-0.25, -0.2) is 4.39 Å². The van der Waals surface area contributed by atoms with Gasteiger partial charge in [0.25, 0.3) is 0 Å². The molecule has 2 unspecified atom stereocenters. The molecule has 4 aliphatic heterocycles. The Bertz CT molecular complexity index is 1700. The maximum atomic E-state index is 14.5. The third kappa shape index (κ3) is 4.17. The van der Waals surface area contributed by atoms with Gasteiger partial charge >= 0.3 is 0 Å². The quantitative estimate of drug-likeness (QED) is 0.301. The third-order valence-corrected chi connectivity index (χ3v) is 10.7. The number of nitrogens with zero attached hydrogens (tertiary/aromatic N) is 3. The largest absolute Gasteiger partial charge is 0.508 e. The first kappa shape index (κ1) is 25.3. The molecular formula is C33H33FN4O2S. The average molecular weight is 569 g/mol. The zero-order chi connectivity index (χ0) is 27.7. The Kier molecular flexibility index (Phi) is 5.92. The Labute approximate surface area is 243 Å². The first-order valence-electron chi connectivity index (χ1n) is 14.7. The molecule has 210 valence electrons. The molecule has 0 radical (unpaired) electrons. The standard InChI is InChI=1S/C33H33FN4O2S/c1-2-20-5-3-6-21-11-25(39)12-26(30(20)21)28-18-41-31-27(28)13-29(36-32(31)37-16-23-7-8-24(17-37)35-23)40-19-33-9-4-10-38(33)15-22(34)14-33/h1,3,5-6,11-13,18,22-24,35,39H,4,7-10,14-17,19H2/t22-,23?,24?,33+/m1/s1. The van der Waals surface area contributed by atoms with Gasteiger partial charge in [0.2, 0.25) is 5.88 Å². The predicted molar refractivity (Wildman–Crippen MR) is 163 cm³/mol. The van der Waals surface area contributed by atoms with Crippen LogP contribution in [0.5, 0.6) is 11.6 Å². The summed E-state index contributed by atoms with van der Waals surface area (Å²) in [5.74, 6) is 4.56. The fraction of sp³-hybridized carbons (Fsp3) is 0.424. The van der Waals surface area contributed by atoms with E-state index in [0.717, 1.165) is 75.8 Å². The van der Waals surface area contributed by atoms with Crippen molar-refractivity contribution in [1.82, 2.24) is 15.2 Å². The van der Waals surface area contributed by atoms with Crippen molar-refractivity contribution in [2.24, 2.45) is 0 Å². The molecule has 4 atom stereocenters. The van der Waals surface area contributed by atoms with Crippen LogP contribution < -0.4 is 15.0 Å². The number of hydrogen-bond donors (Lipinski definition) is 2. The van der Waals surface area contributed by atoms with Crippen molar-refractivity contribution in [3.05, 3.63) is 47.3 Å². The van der Waals surface area contributed by atoms with Crippen molar-refractivity contribution >= 4 is 38.0 Å². The summed E-state index contributed by atoms with van der Waals surface area (Å²) in [4.78, 5) is 9.82. The molecule has 2 aromatic heterocycles. The molecule has 4 aliphatic rings. The number of fused-ring (bicyclic) bond motifs is 5. The lowest BCUT2D eigenvalue weighted by Gasteiger charge is -2.34. The summed E-state index contributed by atoms with van der Waals surface area (Å²) in [6, 6.07) is 12.4. The van der Waals surface area contributed by atoms with Crippen LogP contribution in [0.25, 0.3) is 32.0 Å². The number of nitrogens with one attached hydrogen (secondary N) is 1. The van der Waals surface area contributed by atoms with Gasteiger partial charge in [0, 0.05) is 66.1 Å². The van der Waals surface area contributed by atoms with E-state index >= 15 is 0 Å². The molecule has 41 heavy (non-hydrogen) atoms. The lowest BCUT2D eigenvalue weighted by atomic mass is 9.94. The molecule has 0 amide bonds. The van der Waals surface area contributed by atoms with Crippen molar-refractivity contribution in [3.8, 4) is 35.1 Å². The molecule has 2 aromatic carbocycles. The summed E-state index contributed by atoms with van der Waals surface area (Å²) < 4.78 is 22.1. The van der Waals surface area contributed by atoms with Crippen LogP contribution in [0, 0.1) is 12.3 Å². The first-order valence-corrected chi connectivity index (χ1v) is 15.6. The molecule has 6 heterocycles. The van der Waals surface area contributed by atoms with E-state index in [9.17, 15) is 9.50 Å². The number of aromatic nitrogens is 1. The number of terminal acetylenes is 1. The number of benzene rings is 2. The Morgan fingerprint density at radius 1 is 1.17 bits per heavy atom. The van der Waals surface area contributed by atoms with Crippen molar-refractivity contribution in [2.45, 2.75) is 55.9 Å². The number of thiophene rings is 1. The van der Waals surface area contributed by atoms with E-state index in [1.807, 2.05) is 30.3 Å². The van der Waals surface area contributed by atoms with Crippen molar-refractivity contribution in [2.75, 3.05) is 37.7 Å². The highest BCUT2D eigenvalue weighted by Gasteiger charge is 2.49. The highest BCUT2D eigenvalue weighted by molar-refractivity contribution is 7.18. The minimum atomic E-state index is -0.797. The Hall–Kier alpha value is -3.38. The minimum absolute atomic E-state index is 0.202. The van der Waals surface area contributed by atoms with Crippen molar-refractivity contribution in [1.29, 1.82) is 0 Å². The number of phenols is 1. The van der Waals surface area contributed by atoms with E-state index in [0.29, 0.717) is 37.5 Å². The first-order chi connectivity index (χ1) is 20.0. The predicted octanol–water partition coefficient (Wildman–Crippen LogP) is 5.70. The normalized spacial score (nSPS) is 27.5. The van der Waals surface area contributed by atoms with Gasteiger partial charge in [-0.05, 0) is 66.8 Å². The molecule has 2 bridgehead atoms. The lowest BCUT2D eigenvalue weighted by molar-refractivity contribution is 0.111. The molecule has 0 spiro atoms. The van der Waals surface area contributed by atoms with Crippen LogP contribution in [-0.4, -0.2) is 71.6 Å². The number of alkyl halides is 1.